The number of furan rings is 1. The maximum absolute atomic E-state index is 13.1. The van der Waals surface area contributed by atoms with Gasteiger partial charge < -0.3 is 9.32 Å². The van der Waals surface area contributed by atoms with E-state index in [1.807, 2.05) is 43.3 Å². The molecule has 128 valence electrons. The third-order valence-corrected chi connectivity index (χ3v) is 5.37. The fraction of sp³-hybridized carbons (Fsp3) is 0.111. The summed E-state index contributed by atoms with van der Waals surface area (Å²) in [6, 6.07) is 7.47. The smallest absolute Gasteiger partial charge is 0.275 e. The van der Waals surface area contributed by atoms with E-state index in [-0.39, 0.29) is 5.56 Å². The second-order valence-corrected chi connectivity index (χ2v) is 7.11. The second kappa shape index (κ2) is 5.37. The molecule has 7 nitrogen and oxygen atoms in total. The minimum Gasteiger partial charge on any atom is -0.464 e. The van der Waals surface area contributed by atoms with E-state index in [0.29, 0.717) is 10.2 Å². The molecule has 0 aliphatic heterocycles. The summed E-state index contributed by atoms with van der Waals surface area (Å²) in [7, 11) is 3.82. The highest BCUT2D eigenvalue weighted by atomic mass is 32.1. The number of hydrogen-bond acceptors (Lipinski definition) is 7. The van der Waals surface area contributed by atoms with Gasteiger partial charge >= 0.3 is 0 Å². The van der Waals surface area contributed by atoms with Crippen LogP contribution in [0.5, 0.6) is 0 Å². The Labute approximate surface area is 151 Å². The number of fused-ring (bicyclic) bond motifs is 4. The van der Waals surface area contributed by atoms with Gasteiger partial charge in [-0.3, -0.25) is 9.36 Å². The van der Waals surface area contributed by atoms with Gasteiger partial charge in [-0.05, 0) is 24.3 Å². The minimum absolute atomic E-state index is 0.120. The molecule has 26 heavy (non-hydrogen) atoms. The van der Waals surface area contributed by atoms with Crippen LogP contribution >= 0.6 is 11.3 Å². The van der Waals surface area contributed by atoms with Gasteiger partial charge in [-0.25, -0.2) is 15.0 Å². The van der Waals surface area contributed by atoms with Crippen molar-refractivity contribution in [2.24, 2.45) is 0 Å². The van der Waals surface area contributed by atoms with Gasteiger partial charge in [-0.2, -0.15) is 0 Å². The predicted molar refractivity (Wildman–Crippen MR) is 102 cm³/mol. The van der Waals surface area contributed by atoms with Gasteiger partial charge in [0.15, 0.2) is 0 Å². The highest BCUT2D eigenvalue weighted by molar-refractivity contribution is 7.25. The molecule has 0 spiro atoms. The standard InChI is InChI=1S/C18H13N5O2S/c1-22(2)16-13-14-15(26-17(13)20-8-19-16)18(24)23(9-21-14)11-3-4-12-10(7-11)5-6-25-12/h3-9H,1-2H3. The zero-order valence-electron chi connectivity index (χ0n) is 14.0. The monoisotopic (exact) mass is 363 g/mol. The molecule has 0 saturated carbocycles. The third kappa shape index (κ3) is 2.05. The predicted octanol–water partition coefficient (Wildman–Crippen LogP) is 3.20. The van der Waals surface area contributed by atoms with Gasteiger partial charge in [-0.15, -0.1) is 11.3 Å². The molecule has 5 aromatic rings. The fourth-order valence-corrected chi connectivity index (χ4v) is 4.10. The fourth-order valence-electron chi connectivity index (χ4n) is 3.08. The summed E-state index contributed by atoms with van der Waals surface area (Å²) < 4.78 is 7.48. The van der Waals surface area contributed by atoms with Crippen molar-refractivity contribution in [3.8, 4) is 5.69 Å². The Bertz CT molecular complexity index is 1350. The van der Waals surface area contributed by atoms with Gasteiger partial charge in [0.2, 0.25) is 0 Å². The number of nitrogens with zero attached hydrogens (tertiary/aromatic N) is 5. The SMILES string of the molecule is CN(C)c1ncnc2sc3c(=O)n(-c4ccc5occc5c4)cnc3c12. The Morgan fingerprint density at radius 1 is 1.15 bits per heavy atom. The lowest BCUT2D eigenvalue weighted by Gasteiger charge is -2.11. The molecule has 8 heteroatoms. The highest BCUT2D eigenvalue weighted by Gasteiger charge is 2.18. The number of benzene rings is 1. The zero-order valence-corrected chi connectivity index (χ0v) is 14.8. The molecule has 0 amide bonds. The number of thiophene rings is 1. The van der Waals surface area contributed by atoms with Crippen molar-refractivity contribution in [3.63, 3.8) is 0 Å². The van der Waals surface area contributed by atoms with Crippen LogP contribution < -0.4 is 10.5 Å². The number of anilines is 1. The lowest BCUT2D eigenvalue weighted by atomic mass is 10.2. The summed E-state index contributed by atoms with van der Waals surface area (Å²) in [6.07, 6.45) is 4.70. The third-order valence-electron chi connectivity index (χ3n) is 4.30. The van der Waals surface area contributed by atoms with Crippen LogP contribution in [0.25, 0.3) is 37.1 Å². The Hall–Kier alpha value is -3.26. The average Bonchev–Trinajstić information content (AvgIpc) is 3.25. The topological polar surface area (TPSA) is 77.0 Å². The molecule has 0 radical (unpaired) electrons. The molecule has 0 aliphatic rings. The molecule has 0 N–H and O–H groups in total. The van der Waals surface area contributed by atoms with E-state index < -0.39 is 0 Å². The molecule has 4 aromatic heterocycles. The first kappa shape index (κ1) is 15.0. The van der Waals surface area contributed by atoms with E-state index in [4.69, 9.17) is 4.42 Å². The van der Waals surface area contributed by atoms with Crippen molar-refractivity contribution in [1.82, 2.24) is 19.5 Å². The maximum Gasteiger partial charge on any atom is 0.275 e. The minimum atomic E-state index is -0.120. The first-order valence-corrected chi connectivity index (χ1v) is 8.75. The molecule has 0 bridgehead atoms. The van der Waals surface area contributed by atoms with Gasteiger partial charge in [-0.1, -0.05) is 0 Å². The van der Waals surface area contributed by atoms with Gasteiger partial charge in [0.25, 0.3) is 5.56 Å². The van der Waals surface area contributed by atoms with Crippen molar-refractivity contribution in [1.29, 1.82) is 0 Å². The Morgan fingerprint density at radius 2 is 2.04 bits per heavy atom. The second-order valence-electron chi connectivity index (χ2n) is 6.11. The average molecular weight is 363 g/mol. The van der Waals surface area contributed by atoms with Crippen molar-refractivity contribution < 1.29 is 4.42 Å². The van der Waals surface area contributed by atoms with Crippen molar-refractivity contribution >= 4 is 48.6 Å². The Balaban J connectivity index is 1.81. The van der Waals surface area contributed by atoms with Crippen LogP contribution in [-0.2, 0) is 0 Å². The summed E-state index contributed by atoms with van der Waals surface area (Å²) in [6.45, 7) is 0. The van der Waals surface area contributed by atoms with Crippen LogP contribution in [0.4, 0.5) is 5.82 Å². The van der Waals surface area contributed by atoms with E-state index in [9.17, 15) is 4.79 Å². The van der Waals surface area contributed by atoms with Gasteiger partial charge in [0.05, 0.1) is 17.3 Å². The molecule has 0 unspecified atom stereocenters. The Kier molecular flexibility index (Phi) is 3.10. The Morgan fingerprint density at radius 3 is 2.88 bits per heavy atom. The number of aromatic nitrogens is 4. The summed E-state index contributed by atoms with van der Waals surface area (Å²) in [5.41, 5.74) is 2.05. The van der Waals surface area contributed by atoms with Crippen molar-refractivity contribution in [2.75, 3.05) is 19.0 Å². The largest absolute Gasteiger partial charge is 0.464 e. The van der Waals surface area contributed by atoms with Crippen LogP contribution in [0.3, 0.4) is 0 Å². The molecule has 0 atom stereocenters. The van der Waals surface area contributed by atoms with Crippen molar-refractivity contribution in [2.45, 2.75) is 0 Å². The summed E-state index contributed by atoms with van der Waals surface area (Å²) in [4.78, 5) is 29.0. The van der Waals surface area contributed by atoms with Gasteiger partial charge in [0.1, 0.15) is 39.1 Å². The van der Waals surface area contributed by atoms with E-state index >= 15 is 0 Å². The van der Waals surface area contributed by atoms with E-state index in [0.717, 1.165) is 32.7 Å². The molecule has 0 aliphatic carbocycles. The number of rotatable bonds is 2. The molecule has 0 saturated heterocycles. The number of hydrogen-bond donors (Lipinski definition) is 0. The van der Waals surface area contributed by atoms with Crippen LogP contribution in [0.2, 0.25) is 0 Å². The summed E-state index contributed by atoms with van der Waals surface area (Å²) >= 11 is 1.34. The van der Waals surface area contributed by atoms with Crippen LogP contribution in [0.15, 0.2) is 52.4 Å². The molecule has 1 aromatic carbocycles. The highest BCUT2D eigenvalue weighted by Crippen LogP contribution is 2.34. The molecular weight excluding hydrogens is 350 g/mol. The van der Waals surface area contributed by atoms with Crippen LogP contribution in [-0.4, -0.2) is 33.6 Å². The first-order valence-electron chi connectivity index (χ1n) is 7.93. The van der Waals surface area contributed by atoms with E-state index in [1.54, 1.807) is 17.2 Å². The van der Waals surface area contributed by atoms with Gasteiger partial charge in [0, 0.05) is 19.5 Å². The molecular formula is C18H13N5O2S. The van der Waals surface area contributed by atoms with Crippen LogP contribution in [0.1, 0.15) is 0 Å². The lowest BCUT2D eigenvalue weighted by Crippen LogP contribution is -2.17. The normalized spacial score (nSPS) is 11.6. The van der Waals surface area contributed by atoms with E-state index in [1.165, 1.54) is 17.7 Å². The summed E-state index contributed by atoms with van der Waals surface area (Å²) in [5, 5.41) is 1.75. The lowest BCUT2D eigenvalue weighted by molar-refractivity contribution is 0.616. The first-order chi connectivity index (χ1) is 12.6. The maximum atomic E-state index is 13.1. The van der Waals surface area contributed by atoms with Crippen molar-refractivity contribution in [3.05, 3.63) is 53.5 Å². The quantitative estimate of drug-likeness (QED) is 0.479. The van der Waals surface area contributed by atoms with Crippen LogP contribution in [0, 0.1) is 0 Å². The van der Waals surface area contributed by atoms with E-state index in [2.05, 4.69) is 15.0 Å². The zero-order chi connectivity index (χ0) is 17.8. The molecule has 4 heterocycles. The molecule has 0 fully saturated rings. The molecule has 5 rings (SSSR count). The summed E-state index contributed by atoms with van der Waals surface area (Å²) in [5.74, 6) is 0.755.